The predicted molar refractivity (Wildman–Crippen MR) is 117 cm³/mol. The average Bonchev–Trinajstić information content (AvgIpc) is 3.16. The molecule has 166 valence electrons. The molecule has 0 spiro atoms. The highest BCUT2D eigenvalue weighted by Crippen LogP contribution is 2.36. The van der Waals surface area contributed by atoms with E-state index in [1.165, 1.54) is 6.07 Å². The van der Waals surface area contributed by atoms with Crippen LogP contribution in [-0.4, -0.2) is 47.0 Å². The minimum atomic E-state index is -4.74. The van der Waals surface area contributed by atoms with Gasteiger partial charge in [-0.2, -0.15) is 13.2 Å². The van der Waals surface area contributed by atoms with Crippen molar-refractivity contribution in [3.63, 3.8) is 0 Å². The Morgan fingerprint density at radius 2 is 1.81 bits per heavy atom. The number of rotatable bonds is 6. The predicted octanol–water partition coefficient (Wildman–Crippen LogP) is 5.42. The maximum atomic E-state index is 14.1. The molecule has 5 nitrogen and oxygen atoms in total. The van der Waals surface area contributed by atoms with Crippen LogP contribution in [0.5, 0.6) is 0 Å². The standard InChI is InChI=1S/C23H21F4N5/c1-32(2)8-7-29-22-13-28-12-21(31-22)15-4-6-20-16(9-15)17(11-30-20)14-3-5-18(19(24)10-14)23(25,26)27/h3-6,9-13,30H,7-8H2,1-2H3,(H,29,31). The lowest BCUT2D eigenvalue weighted by Gasteiger charge is -2.11. The van der Waals surface area contributed by atoms with Gasteiger partial charge in [0, 0.05) is 41.3 Å². The Morgan fingerprint density at radius 3 is 2.53 bits per heavy atom. The Labute approximate surface area is 182 Å². The van der Waals surface area contributed by atoms with Crippen LogP contribution in [-0.2, 0) is 6.18 Å². The summed E-state index contributed by atoms with van der Waals surface area (Å²) >= 11 is 0. The maximum Gasteiger partial charge on any atom is 0.419 e. The normalized spacial score (nSPS) is 12.0. The Balaban J connectivity index is 1.68. The highest BCUT2D eigenvalue weighted by molar-refractivity contribution is 5.97. The Hall–Kier alpha value is -3.46. The van der Waals surface area contributed by atoms with E-state index in [1.54, 1.807) is 18.6 Å². The summed E-state index contributed by atoms with van der Waals surface area (Å²) in [7, 11) is 3.96. The molecule has 0 aliphatic rings. The molecule has 0 aliphatic carbocycles. The number of hydrogen-bond acceptors (Lipinski definition) is 4. The molecule has 32 heavy (non-hydrogen) atoms. The molecule has 0 bridgehead atoms. The van der Waals surface area contributed by atoms with Crippen LogP contribution in [0.1, 0.15) is 5.56 Å². The molecule has 2 heterocycles. The van der Waals surface area contributed by atoms with E-state index < -0.39 is 17.6 Å². The SMILES string of the molecule is CN(C)CCNc1cncc(-c2ccc3[nH]cc(-c4ccc(C(F)(F)F)c(F)c4)c3c2)n1. The minimum Gasteiger partial charge on any atom is -0.367 e. The summed E-state index contributed by atoms with van der Waals surface area (Å²) in [5, 5.41) is 3.97. The molecule has 0 unspecified atom stereocenters. The van der Waals surface area contributed by atoms with Crippen molar-refractivity contribution >= 4 is 16.7 Å². The molecule has 2 aromatic carbocycles. The second-order valence-electron chi connectivity index (χ2n) is 7.67. The van der Waals surface area contributed by atoms with Gasteiger partial charge in [0.15, 0.2) is 0 Å². The molecule has 2 aromatic heterocycles. The summed E-state index contributed by atoms with van der Waals surface area (Å²) in [5.41, 5.74) is 1.88. The summed E-state index contributed by atoms with van der Waals surface area (Å²) in [6, 6.07) is 8.54. The van der Waals surface area contributed by atoms with E-state index in [0.717, 1.165) is 35.1 Å². The summed E-state index contributed by atoms with van der Waals surface area (Å²) in [4.78, 5) is 14.0. The number of halogens is 4. The van der Waals surface area contributed by atoms with E-state index in [9.17, 15) is 17.6 Å². The highest BCUT2D eigenvalue weighted by Gasteiger charge is 2.34. The molecule has 0 radical (unpaired) electrons. The zero-order valence-corrected chi connectivity index (χ0v) is 17.5. The van der Waals surface area contributed by atoms with Gasteiger partial charge in [0.2, 0.25) is 0 Å². The summed E-state index contributed by atoms with van der Waals surface area (Å²) in [5.74, 6) is -0.661. The fourth-order valence-corrected chi connectivity index (χ4v) is 3.43. The van der Waals surface area contributed by atoms with Crippen LogP contribution >= 0.6 is 0 Å². The number of benzene rings is 2. The minimum absolute atomic E-state index is 0.351. The Bertz CT molecular complexity index is 1250. The van der Waals surface area contributed by atoms with E-state index >= 15 is 0 Å². The van der Waals surface area contributed by atoms with Crippen molar-refractivity contribution in [3.8, 4) is 22.4 Å². The number of alkyl halides is 3. The van der Waals surface area contributed by atoms with E-state index in [0.29, 0.717) is 29.2 Å². The molecule has 0 aliphatic heterocycles. The molecule has 0 saturated heterocycles. The lowest BCUT2D eigenvalue weighted by molar-refractivity contribution is -0.139. The number of anilines is 1. The third-order valence-electron chi connectivity index (χ3n) is 5.06. The molecule has 0 atom stereocenters. The van der Waals surface area contributed by atoms with Crippen LogP contribution in [0.15, 0.2) is 55.0 Å². The molecular weight excluding hydrogens is 422 g/mol. The monoisotopic (exact) mass is 443 g/mol. The number of fused-ring (bicyclic) bond motifs is 1. The van der Waals surface area contributed by atoms with E-state index in [2.05, 4.69) is 25.2 Å². The van der Waals surface area contributed by atoms with Gasteiger partial charge in [0.25, 0.3) is 0 Å². The molecule has 0 fully saturated rings. The zero-order chi connectivity index (χ0) is 22.9. The van der Waals surface area contributed by atoms with Crippen LogP contribution in [0, 0.1) is 5.82 Å². The van der Waals surface area contributed by atoms with Crippen molar-refractivity contribution in [2.24, 2.45) is 0 Å². The zero-order valence-electron chi connectivity index (χ0n) is 17.5. The largest absolute Gasteiger partial charge is 0.419 e. The fraction of sp³-hybridized carbons (Fsp3) is 0.217. The summed E-state index contributed by atoms with van der Waals surface area (Å²) < 4.78 is 52.8. The second-order valence-corrected chi connectivity index (χ2v) is 7.67. The summed E-state index contributed by atoms with van der Waals surface area (Å²) in [6.07, 6.45) is 0.203. The Morgan fingerprint density at radius 1 is 1.03 bits per heavy atom. The topological polar surface area (TPSA) is 56.8 Å². The van der Waals surface area contributed by atoms with E-state index in [1.807, 2.05) is 32.3 Å². The van der Waals surface area contributed by atoms with Crippen molar-refractivity contribution in [1.29, 1.82) is 0 Å². The van der Waals surface area contributed by atoms with Gasteiger partial charge in [-0.25, -0.2) is 9.37 Å². The Kier molecular flexibility index (Phi) is 5.84. The number of nitrogens with one attached hydrogen (secondary N) is 2. The van der Waals surface area contributed by atoms with Crippen molar-refractivity contribution in [2.45, 2.75) is 6.18 Å². The van der Waals surface area contributed by atoms with Crippen LogP contribution in [0.25, 0.3) is 33.3 Å². The van der Waals surface area contributed by atoms with Crippen molar-refractivity contribution in [2.75, 3.05) is 32.5 Å². The number of likely N-dealkylation sites (N-methyl/N-ethyl adjacent to an activating group) is 1. The second kappa shape index (κ2) is 8.58. The first-order chi connectivity index (χ1) is 15.2. The lowest BCUT2D eigenvalue weighted by Crippen LogP contribution is -2.21. The van der Waals surface area contributed by atoms with Gasteiger partial charge < -0.3 is 15.2 Å². The number of nitrogens with zero attached hydrogens (tertiary/aromatic N) is 3. The maximum absolute atomic E-state index is 14.1. The molecular formula is C23H21F4N5. The first kappa shape index (κ1) is 21.8. The van der Waals surface area contributed by atoms with Gasteiger partial charge in [-0.1, -0.05) is 12.1 Å². The van der Waals surface area contributed by atoms with Gasteiger partial charge >= 0.3 is 6.18 Å². The van der Waals surface area contributed by atoms with Crippen molar-refractivity contribution in [3.05, 3.63) is 66.4 Å². The number of aromatic amines is 1. The number of hydrogen-bond donors (Lipinski definition) is 2. The van der Waals surface area contributed by atoms with Crippen LogP contribution < -0.4 is 5.32 Å². The smallest absolute Gasteiger partial charge is 0.367 e. The number of aromatic nitrogens is 3. The van der Waals surface area contributed by atoms with Crippen LogP contribution in [0.3, 0.4) is 0 Å². The van der Waals surface area contributed by atoms with Gasteiger partial charge in [-0.15, -0.1) is 0 Å². The van der Waals surface area contributed by atoms with Gasteiger partial charge in [-0.05, 0) is 43.9 Å². The molecule has 4 aromatic rings. The lowest BCUT2D eigenvalue weighted by atomic mass is 10.0. The average molecular weight is 443 g/mol. The quantitative estimate of drug-likeness (QED) is 0.391. The molecule has 4 rings (SSSR count). The third-order valence-corrected chi connectivity index (χ3v) is 5.06. The first-order valence-electron chi connectivity index (χ1n) is 9.91. The van der Waals surface area contributed by atoms with E-state index in [-0.39, 0.29) is 0 Å². The van der Waals surface area contributed by atoms with Crippen LogP contribution in [0.4, 0.5) is 23.4 Å². The highest BCUT2D eigenvalue weighted by atomic mass is 19.4. The van der Waals surface area contributed by atoms with Crippen molar-refractivity contribution in [1.82, 2.24) is 19.9 Å². The molecule has 0 amide bonds. The molecule has 2 N–H and O–H groups in total. The molecule has 9 heteroatoms. The summed E-state index contributed by atoms with van der Waals surface area (Å²) in [6.45, 7) is 1.56. The molecule has 0 saturated carbocycles. The van der Waals surface area contributed by atoms with Gasteiger partial charge in [0.1, 0.15) is 11.6 Å². The third kappa shape index (κ3) is 4.57. The van der Waals surface area contributed by atoms with Crippen LogP contribution in [0.2, 0.25) is 0 Å². The fourth-order valence-electron chi connectivity index (χ4n) is 3.43. The number of H-pyrrole nitrogens is 1. The van der Waals surface area contributed by atoms with Gasteiger partial charge in [0.05, 0.1) is 23.7 Å². The van der Waals surface area contributed by atoms with E-state index in [4.69, 9.17) is 0 Å². The first-order valence-corrected chi connectivity index (χ1v) is 9.91. The van der Waals surface area contributed by atoms with Crippen molar-refractivity contribution < 1.29 is 17.6 Å². The van der Waals surface area contributed by atoms with Gasteiger partial charge in [-0.3, -0.25) is 4.98 Å².